The van der Waals surface area contributed by atoms with Gasteiger partial charge in [0.05, 0.1) is 5.56 Å². The number of rotatable bonds is 3. The molecule has 2 aromatic carbocycles. The van der Waals surface area contributed by atoms with Gasteiger partial charge in [0.25, 0.3) is 0 Å². The molecule has 4 rings (SSSR count). The number of benzene rings is 2. The summed E-state index contributed by atoms with van der Waals surface area (Å²) < 4.78 is 53.2. The number of hydrogen-bond donors (Lipinski definition) is 0. The van der Waals surface area contributed by atoms with Crippen LogP contribution in [0.25, 0.3) is 5.57 Å². The average Bonchev–Trinajstić information content (AvgIpc) is 2.84. The first-order chi connectivity index (χ1) is 12.4. The second-order valence-electron chi connectivity index (χ2n) is 7.04. The molecule has 0 spiro atoms. The molecule has 5 heteroatoms. The maximum atomic E-state index is 14.2. The summed E-state index contributed by atoms with van der Waals surface area (Å²) in [5, 5.41) is 0. The minimum Gasteiger partial charge on any atom is -0.289 e. The van der Waals surface area contributed by atoms with Gasteiger partial charge in [0.15, 0.2) is 0 Å². The van der Waals surface area contributed by atoms with Gasteiger partial charge >= 0.3 is 6.18 Å². The molecule has 2 atom stereocenters. The van der Waals surface area contributed by atoms with Gasteiger partial charge in [-0.05, 0) is 48.6 Å². The molecule has 2 heterocycles. The summed E-state index contributed by atoms with van der Waals surface area (Å²) in [5.74, 6) is -0.583. The van der Waals surface area contributed by atoms with Crippen LogP contribution in [0, 0.1) is 5.82 Å². The van der Waals surface area contributed by atoms with E-state index >= 15 is 0 Å². The summed E-state index contributed by atoms with van der Waals surface area (Å²) in [4.78, 5) is 2.38. The van der Waals surface area contributed by atoms with Crippen molar-refractivity contribution in [2.24, 2.45) is 0 Å². The van der Waals surface area contributed by atoms with Crippen LogP contribution in [0.15, 0.2) is 54.6 Å². The molecular weight excluding hydrogens is 342 g/mol. The molecular formula is C21H19F4N. The van der Waals surface area contributed by atoms with E-state index < -0.39 is 17.6 Å². The number of alkyl halides is 3. The third-order valence-corrected chi connectivity index (χ3v) is 5.39. The monoisotopic (exact) mass is 361 g/mol. The van der Waals surface area contributed by atoms with E-state index in [0.29, 0.717) is 12.0 Å². The Hall–Kier alpha value is -2.14. The fourth-order valence-corrected chi connectivity index (χ4v) is 4.11. The zero-order chi connectivity index (χ0) is 18.3. The Balaban J connectivity index is 1.62. The van der Waals surface area contributed by atoms with Gasteiger partial charge in [-0.3, -0.25) is 4.90 Å². The van der Waals surface area contributed by atoms with Crippen molar-refractivity contribution >= 4 is 5.57 Å². The molecule has 0 amide bonds. The summed E-state index contributed by atoms with van der Waals surface area (Å²) >= 11 is 0. The number of nitrogens with zero attached hydrogens (tertiary/aromatic N) is 1. The third kappa shape index (κ3) is 3.28. The lowest BCUT2D eigenvalue weighted by Crippen LogP contribution is -2.37. The van der Waals surface area contributed by atoms with Crippen LogP contribution in [0.4, 0.5) is 17.6 Å². The maximum Gasteiger partial charge on any atom is 0.416 e. The molecule has 0 saturated carbocycles. The van der Waals surface area contributed by atoms with Gasteiger partial charge in [0.2, 0.25) is 0 Å². The van der Waals surface area contributed by atoms with Crippen LogP contribution in [0.5, 0.6) is 0 Å². The predicted octanol–water partition coefficient (Wildman–Crippen LogP) is 5.66. The lowest BCUT2D eigenvalue weighted by molar-refractivity contribution is -0.137. The van der Waals surface area contributed by atoms with Crippen LogP contribution in [0.1, 0.15) is 36.0 Å². The van der Waals surface area contributed by atoms with E-state index in [2.05, 4.69) is 17.0 Å². The van der Waals surface area contributed by atoms with Gasteiger partial charge in [0.1, 0.15) is 5.82 Å². The van der Waals surface area contributed by atoms with Crippen LogP contribution in [-0.2, 0) is 12.7 Å². The van der Waals surface area contributed by atoms with E-state index in [-0.39, 0.29) is 17.6 Å². The fraction of sp³-hybridized carbons (Fsp3) is 0.333. The highest BCUT2D eigenvalue weighted by atomic mass is 19.4. The summed E-state index contributed by atoms with van der Waals surface area (Å²) in [7, 11) is 0. The molecule has 0 N–H and O–H groups in total. The molecule has 0 aromatic heterocycles. The first-order valence-corrected chi connectivity index (χ1v) is 8.79. The van der Waals surface area contributed by atoms with Crippen LogP contribution in [0.2, 0.25) is 0 Å². The second kappa shape index (κ2) is 6.54. The Bertz CT molecular complexity index is 826. The quantitative estimate of drug-likeness (QED) is 0.637. The van der Waals surface area contributed by atoms with Gasteiger partial charge in [-0.15, -0.1) is 0 Å². The number of fused-ring (bicyclic) bond motifs is 2. The highest BCUT2D eigenvalue weighted by molar-refractivity contribution is 5.69. The minimum atomic E-state index is -4.46. The van der Waals surface area contributed by atoms with Gasteiger partial charge in [-0.1, -0.05) is 36.4 Å². The number of halogens is 4. The van der Waals surface area contributed by atoms with Crippen molar-refractivity contribution in [3.8, 4) is 0 Å². The zero-order valence-corrected chi connectivity index (χ0v) is 14.1. The van der Waals surface area contributed by atoms with Crippen molar-refractivity contribution in [2.45, 2.75) is 44.1 Å². The van der Waals surface area contributed by atoms with E-state index in [0.717, 1.165) is 37.6 Å². The van der Waals surface area contributed by atoms with Crippen molar-refractivity contribution in [1.29, 1.82) is 0 Å². The molecule has 1 nitrogen and oxygen atoms in total. The minimum absolute atomic E-state index is 0.0936. The Kier molecular flexibility index (Phi) is 4.35. The van der Waals surface area contributed by atoms with Crippen molar-refractivity contribution in [2.75, 3.05) is 0 Å². The lowest BCUT2D eigenvalue weighted by atomic mass is 9.92. The van der Waals surface area contributed by atoms with E-state index in [4.69, 9.17) is 0 Å². The molecule has 2 bridgehead atoms. The topological polar surface area (TPSA) is 3.24 Å². The lowest BCUT2D eigenvalue weighted by Gasteiger charge is -2.34. The molecule has 1 fully saturated rings. The van der Waals surface area contributed by atoms with Crippen molar-refractivity contribution in [3.63, 3.8) is 0 Å². The molecule has 2 aromatic rings. The van der Waals surface area contributed by atoms with Crippen molar-refractivity contribution in [3.05, 3.63) is 77.1 Å². The van der Waals surface area contributed by atoms with Gasteiger partial charge in [0, 0.05) is 24.2 Å². The zero-order valence-electron chi connectivity index (χ0n) is 14.1. The van der Waals surface area contributed by atoms with E-state index in [1.807, 2.05) is 24.3 Å². The Morgan fingerprint density at radius 3 is 2.46 bits per heavy atom. The smallest absolute Gasteiger partial charge is 0.289 e. The van der Waals surface area contributed by atoms with Gasteiger partial charge in [-0.2, -0.15) is 13.2 Å². The Labute approximate surface area is 149 Å². The van der Waals surface area contributed by atoms with Crippen molar-refractivity contribution in [1.82, 2.24) is 4.90 Å². The van der Waals surface area contributed by atoms with Gasteiger partial charge < -0.3 is 0 Å². The Morgan fingerprint density at radius 2 is 1.77 bits per heavy atom. The van der Waals surface area contributed by atoms with Crippen LogP contribution >= 0.6 is 0 Å². The largest absolute Gasteiger partial charge is 0.416 e. The summed E-state index contributed by atoms with van der Waals surface area (Å²) in [6.07, 6.45) is 0.0300. The van der Waals surface area contributed by atoms with Crippen molar-refractivity contribution < 1.29 is 17.6 Å². The van der Waals surface area contributed by atoms with Gasteiger partial charge in [-0.25, -0.2) is 4.39 Å². The maximum absolute atomic E-state index is 14.2. The van der Waals surface area contributed by atoms with E-state index in [1.165, 1.54) is 5.56 Å². The first kappa shape index (κ1) is 17.3. The first-order valence-electron chi connectivity index (χ1n) is 8.79. The molecule has 0 aliphatic carbocycles. The molecule has 2 aliphatic heterocycles. The number of hydrogen-bond acceptors (Lipinski definition) is 1. The highest BCUT2D eigenvalue weighted by Gasteiger charge is 2.38. The van der Waals surface area contributed by atoms with Crippen LogP contribution in [0.3, 0.4) is 0 Å². The highest BCUT2D eigenvalue weighted by Crippen LogP contribution is 2.41. The Morgan fingerprint density at radius 1 is 1.00 bits per heavy atom. The summed E-state index contributed by atoms with van der Waals surface area (Å²) in [5.41, 5.74) is 1.21. The standard InChI is InChI=1S/C21H19F4N/c22-20-9-6-16(21(23,24)25)12-19(20)15-10-17-7-8-18(11-15)26(17)13-14-4-2-1-3-5-14/h1-6,9-10,12,17-18H,7-8,11,13H2. The van der Waals surface area contributed by atoms with E-state index in [9.17, 15) is 17.6 Å². The summed E-state index contributed by atoms with van der Waals surface area (Å²) in [6.45, 7) is 0.811. The SMILES string of the molecule is Fc1ccc(C(F)(F)F)cc1C1=CC2CCC(C1)N2Cc1ccccc1. The predicted molar refractivity (Wildman–Crippen MR) is 92.8 cm³/mol. The summed E-state index contributed by atoms with van der Waals surface area (Å²) in [6, 6.07) is 13.2. The fourth-order valence-electron chi connectivity index (χ4n) is 4.11. The van der Waals surface area contributed by atoms with Crippen LogP contribution < -0.4 is 0 Å². The van der Waals surface area contributed by atoms with E-state index in [1.54, 1.807) is 0 Å². The molecule has 2 aliphatic rings. The normalized spacial score (nSPS) is 23.2. The molecule has 1 saturated heterocycles. The third-order valence-electron chi connectivity index (χ3n) is 5.39. The molecule has 0 radical (unpaired) electrons. The van der Waals surface area contributed by atoms with Crippen LogP contribution in [-0.4, -0.2) is 17.0 Å². The molecule has 26 heavy (non-hydrogen) atoms. The molecule has 136 valence electrons. The average molecular weight is 361 g/mol. The molecule has 2 unspecified atom stereocenters. The second-order valence-corrected chi connectivity index (χ2v) is 7.04.